The first kappa shape index (κ1) is 17.7. The molecule has 128 valence electrons. The Labute approximate surface area is 137 Å². The van der Waals surface area contributed by atoms with E-state index in [4.69, 9.17) is 5.73 Å². The van der Waals surface area contributed by atoms with E-state index in [2.05, 4.69) is 19.9 Å². The van der Waals surface area contributed by atoms with Gasteiger partial charge in [0.2, 0.25) is 11.8 Å². The first-order valence-corrected chi connectivity index (χ1v) is 8.15. The molecule has 2 unspecified atom stereocenters. The van der Waals surface area contributed by atoms with Crippen LogP contribution in [-0.4, -0.2) is 63.5 Å². The highest BCUT2D eigenvalue weighted by molar-refractivity contribution is 5.82. The van der Waals surface area contributed by atoms with Gasteiger partial charge in [0.25, 0.3) is 0 Å². The molecule has 2 heterocycles. The molecule has 0 bridgehead atoms. The van der Waals surface area contributed by atoms with Crippen molar-refractivity contribution in [2.24, 2.45) is 11.7 Å². The Balaban J connectivity index is 2.29. The summed E-state index contributed by atoms with van der Waals surface area (Å²) in [5.41, 5.74) is 5.03. The van der Waals surface area contributed by atoms with E-state index in [-0.39, 0.29) is 18.4 Å². The number of nitrogens with two attached hydrogens (primary N) is 1. The topological polar surface area (TPSA) is 111 Å². The summed E-state index contributed by atoms with van der Waals surface area (Å²) in [5, 5.41) is 19.1. The molecule has 0 aromatic rings. The van der Waals surface area contributed by atoms with Gasteiger partial charge in [-0.05, 0) is 19.3 Å². The average Bonchev–Trinajstić information content (AvgIpc) is 2.74. The summed E-state index contributed by atoms with van der Waals surface area (Å²) in [7, 11) is 0. The predicted molar refractivity (Wildman–Crippen MR) is 83.9 cm³/mol. The van der Waals surface area contributed by atoms with Crippen molar-refractivity contribution in [1.82, 2.24) is 9.80 Å². The third-order valence-corrected chi connectivity index (χ3v) is 5.03. The van der Waals surface area contributed by atoms with Crippen LogP contribution in [0.4, 0.5) is 0 Å². The first-order valence-electron chi connectivity index (χ1n) is 8.15. The van der Waals surface area contributed by atoms with E-state index in [1.807, 2.05) is 4.90 Å². The minimum Gasteiger partial charge on any atom is -0.391 e. The van der Waals surface area contributed by atoms with Gasteiger partial charge in [0.05, 0.1) is 24.1 Å². The fourth-order valence-corrected chi connectivity index (χ4v) is 4.09. The predicted octanol–water partition coefficient (Wildman–Crippen LogP) is -0.164. The third kappa shape index (κ3) is 2.93. The van der Waals surface area contributed by atoms with Gasteiger partial charge in [0, 0.05) is 25.6 Å². The Morgan fingerprint density at radius 1 is 1.52 bits per heavy atom. The van der Waals surface area contributed by atoms with Crippen molar-refractivity contribution in [3.63, 3.8) is 0 Å². The summed E-state index contributed by atoms with van der Waals surface area (Å²) in [6.45, 7) is 6.75. The summed E-state index contributed by atoms with van der Waals surface area (Å²) in [5.74, 6) is -0.166. The maximum atomic E-state index is 12.3. The molecule has 0 aliphatic carbocycles. The number of rotatable bonds is 6. The minimum absolute atomic E-state index is 0.106. The molecule has 2 aliphatic rings. The van der Waals surface area contributed by atoms with E-state index in [0.717, 1.165) is 0 Å². The van der Waals surface area contributed by atoms with Gasteiger partial charge in [0.15, 0.2) is 0 Å². The Bertz CT molecular complexity index is 528. The normalized spacial score (nSPS) is 30.3. The molecular formula is C16H26N4O3. The molecule has 0 aromatic carbocycles. The van der Waals surface area contributed by atoms with Crippen molar-refractivity contribution in [3.8, 4) is 6.07 Å². The zero-order valence-corrected chi connectivity index (χ0v) is 14.0. The molecule has 4 atom stereocenters. The molecule has 2 rings (SSSR count). The SMILES string of the molecule is CC(C)CN1C(=O)CCC12CN([C@H](C(N)=O)[C@@H](C)O)C2CC#N. The van der Waals surface area contributed by atoms with Crippen molar-refractivity contribution in [1.29, 1.82) is 5.26 Å². The lowest BCUT2D eigenvalue weighted by molar-refractivity contribution is -0.161. The van der Waals surface area contributed by atoms with E-state index in [9.17, 15) is 20.0 Å². The number of likely N-dealkylation sites (tertiary alicyclic amines) is 2. The molecule has 2 amide bonds. The largest absolute Gasteiger partial charge is 0.391 e. The highest BCUT2D eigenvalue weighted by Crippen LogP contribution is 2.46. The van der Waals surface area contributed by atoms with Crippen LogP contribution < -0.4 is 5.73 Å². The number of nitriles is 1. The summed E-state index contributed by atoms with van der Waals surface area (Å²) in [4.78, 5) is 27.7. The van der Waals surface area contributed by atoms with E-state index in [1.165, 1.54) is 6.92 Å². The van der Waals surface area contributed by atoms with Gasteiger partial charge in [0.1, 0.15) is 6.04 Å². The second-order valence-electron chi connectivity index (χ2n) is 7.14. The van der Waals surface area contributed by atoms with Gasteiger partial charge in [-0.3, -0.25) is 14.5 Å². The maximum Gasteiger partial charge on any atom is 0.237 e. The van der Waals surface area contributed by atoms with Gasteiger partial charge in [-0.15, -0.1) is 0 Å². The maximum absolute atomic E-state index is 12.3. The lowest BCUT2D eigenvalue weighted by atomic mass is 9.74. The van der Waals surface area contributed by atoms with Crippen LogP contribution in [0.2, 0.25) is 0 Å². The van der Waals surface area contributed by atoms with Crippen LogP contribution in [-0.2, 0) is 9.59 Å². The lowest BCUT2D eigenvalue weighted by Gasteiger charge is -2.61. The van der Waals surface area contributed by atoms with Gasteiger partial charge in [-0.2, -0.15) is 5.26 Å². The van der Waals surface area contributed by atoms with Crippen LogP contribution >= 0.6 is 0 Å². The number of hydrogen-bond donors (Lipinski definition) is 2. The Kier molecular flexibility index (Phi) is 4.97. The molecule has 2 aliphatic heterocycles. The van der Waals surface area contributed by atoms with Crippen LogP contribution in [0.3, 0.4) is 0 Å². The minimum atomic E-state index is -0.915. The van der Waals surface area contributed by atoms with Gasteiger partial charge in [-0.25, -0.2) is 0 Å². The number of aliphatic hydroxyl groups excluding tert-OH is 1. The molecule has 7 nitrogen and oxygen atoms in total. The summed E-state index contributed by atoms with van der Waals surface area (Å²) in [6, 6.07) is 1.08. The Morgan fingerprint density at radius 3 is 2.65 bits per heavy atom. The summed E-state index contributed by atoms with van der Waals surface area (Å²) in [6.07, 6.45) is 0.449. The van der Waals surface area contributed by atoms with E-state index in [0.29, 0.717) is 31.8 Å². The van der Waals surface area contributed by atoms with E-state index < -0.39 is 23.6 Å². The molecule has 0 radical (unpaired) electrons. The summed E-state index contributed by atoms with van der Waals surface area (Å²) >= 11 is 0. The third-order valence-electron chi connectivity index (χ3n) is 5.03. The monoisotopic (exact) mass is 322 g/mol. The molecule has 2 fully saturated rings. The van der Waals surface area contributed by atoms with Crippen LogP contribution in [0.1, 0.15) is 40.0 Å². The molecule has 7 heteroatoms. The Morgan fingerprint density at radius 2 is 2.17 bits per heavy atom. The van der Waals surface area contributed by atoms with Crippen molar-refractivity contribution in [3.05, 3.63) is 0 Å². The van der Waals surface area contributed by atoms with Gasteiger partial charge < -0.3 is 15.7 Å². The van der Waals surface area contributed by atoms with Crippen LogP contribution in [0.15, 0.2) is 0 Å². The van der Waals surface area contributed by atoms with Crippen molar-refractivity contribution in [2.45, 2.75) is 63.8 Å². The number of aliphatic hydroxyl groups is 1. The molecule has 0 aromatic heterocycles. The molecular weight excluding hydrogens is 296 g/mol. The quantitative estimate of drug-likeness (QED) is 0.706. The number of nitrogens with zero attached hydrogens (tertiary/aromatic N) is 3. The zero-order valence-electron chi connectivity index (χ0n) is 14.0. The van der Waals surface area contributed by atoms with E-state index >= 15 is 0 Å². The van der Waals surface area contributed by atoms with Gasteiger partial charge in [-0.1, -0.05) is 13.8 Å². The zero-order chi connectivity index (χ0) is 17.4. The fraction of sp³-hybridized carbons (Fsp3) is 0.812. The van der Waals surface area contributed by atoms with Gasteiger partial charge >= 0.3 is 0 Å². The molecule has 2 saturated heterocycles. The smallest absolute Gasteiger partial charge is 0.237 e. The van der Waals surface area contributed by atoms with Crippen molar-refractivity contribution < 1.29 is 14.7 Å². The molecule has 3 N–H and O–H groups in total. The fourth-order valence-electron chi connectivity index (χ4n) is 4.09. The number of carbonyl (C=O) groups is 2. The Hall–Kier alpha value is -1.65. The van der Waals surface area contributed by atoms with Crippen LogP contribution in [0.5, 0.6) is 0 Å². The second-order valence-corrected chi connectivity index (χ2v) is 7.14. The highest BCUT2D eigenvalue weighted by Gasteiger charge is 2.62. The van der Waals surface area contributed by atoms with Crippen molar-refractivity contribution in [2.75, 3.05) is 13.1 Å². The highest BCUT2D eigenvalue weighted by atomic mass is 16.3. The number of amides is 2. The number of hydrogen-bond acceptors (Lipinski definition) is 5. The molecule has 23 heavy (non-hydrogen) atoms. The second kappa shape index (κ2) is 6.46. The van der Waals surface area contributed by atoms with Crippen LogP contribution in [0.25, 0.3) is 0 Å². The average molecular weight is 322 g/mol. The van der Waals surface area contributed by atoms with Crippen LogP contribution in [0, 0.1) is 17.2 Å². The summed E-state index contributed by atoms with van der Waals surface area (Å²) < 4.78 is 0. The number of carbonyl (C=O) groups excluding carboxylic acids is 2. The molecule has 0 saturated carbocycles. The molecule has 1 spiro atoms. The first-order chi connectivity index (χ1) is 10.7. The van der Waals surface area contributed by atoms with Crippen molar-refractivity contribution >= 4 is 11.8 Å². The number of primary amides is 1. The standard InChI is InChI=1S/C16H26N4O3/c1-10(2)8-20-13(22)4-6-16(20)9-19(12(16)5-7-17)14(11(3)21)15(18)23/h10-12,14,21H,4-6,8-9H2,1-3H3,(H2,18,23)/t11-,12?,14+,16?/m1/s1. The van der Waals surface area contributed by atoms with E-state index in [1.54, 1.807) is 4.90 Å². The lowest BCUT2D eigenvalue weighted by Crippen LogP contribution is -2.79.